The van der Waals surface area contributed by atoms with Gasteiger partial charge in [-0.1, -0.05) is 0 Å². The van der Waals surface area contributed by atoms with Gasteiger partial charge in [-0.2, -0.15) is 0 Å². The van der Waals surface area contributed by atoms with Gasteiger partial charge in [0.25, 0.3) is 0 Å². The molecule has 41 heavy (non-hydrogen) atoms. The monoisotopic (exact) mass is 648 g/mol. The molecule has 0 unspecified atom stereocenters. The predicted octanol–water partition coefficient (Wildman–Crippen LogP) is 12.4. The third kappa shape index (κ3) is 4.18. The Labute approximate surface area is 241 Å². The zero-order valence-electron chi connectivity index (χ0n) is 26.8. The minimum atomic E-state index is -3.51. The second-order valence-corrected chi connectivity index (χ2v) is 42.7. The van der Waals surface area contributed by atoms with Gasteiger partial charge in [-0.25, -0.2) is 9.97 Å². The van der Waals surface area contributed by atoms with Gasteiger partial charge in [0.15, 0.2) is 0 Å². The van der Waals surface area contributed by atoms with E-state index >= 15 is 0 Å². The van der Waals surface area contributed by atoms with Crippen molar-refractivity contribution in [3.05, 3.63) is 71.3 Å². The average molecular weight is 649 g/mol. The molecular weight excluding hydrogens is 595 g/mol. The van der Waals surface area contributed by atoms with Crippen LogP contribution >= 0.6 is 0 Å². The van der Waals surface area contributed by atoms with Crippen molar-refractivity contribution >= 4 is 46.4 Å². The van der Waals surface area contributed by atoms with E-state index in [-0.39, 0.29) is 0 Å². The van der Waals surface area contributed by atoms with Crippen LogP contribution in [0.5, 0.6) is 0 Å². The second-order valence-electron chi connectivity index (χ2n) is 12.1. The SMILES string of the molecule is C1=Cc2cc3ccc(cc4nc(cc5ccc(cc1n2)[nH]5)C=C4)[nH]3.C[CH2][Pd]([CH2]C)([CH2]C)([CH2]C)([CH2]C)([CH2]C)([CH2]C)[CH2]C. The predicted molar refractivity (Wildman–Crippen MR) is 183 cm³/mol. The number of rotatable bonds is 8. The summed E-state index contributed by atoms with van der Waals surface area (Å²) in [7, 11) is -3.51. The van der Waals surface area contributed by atoms with Gasteiger partial charge in [0.05, 0.1) is 22.8 Å². The first-order valence-corrected chi connectivity index (χ1v) is 24.1. The molecule has 2 aliphatic heterocycles. The van der Waals surface area contributed by atoms with Crippen LogP contribution in [0.4, 0.5) is 0 Å². The summed E-state index contributed by atoms with van der Waals surface area (Å²) >= 11 is 0. The summed E-state index contributed by atoms with van der Waals surface area (Å²) in [6, 6.07) is 16.4. The first-order chi connectivity index (χ1) is 19.5. The van der Waals surface area contributed by atoms with Gasteiger partial charge in [0.2, 0.25) is 0 Å². The number of hydrogen-bond acceptors (Lipinski definition) is 2. The maximum absolute atomic E-state index is 4.63. The Hall–Kier alpha value is -2.74. The van der Waals surface area contributed by atoms with Crippen LogP contribution in [0.2, 0.25) is 39.1 Å². The van der Waals surface area contributed by atoms with Gasteiger partial charge < -0.3 is 9.97 Å². The van der Waals surface area contributed by atoms with Crippen molar-refractivity contribution in [3.8, 4) is 0 Å². The van der Waals surface area contributed by atoms with Crippen molar-refractivity contribution in [2.45, 2.75) is 94.5 Å². The molecule has 2 aliphatic rings. The van der Waals surface area contributed by atoms with Crippen molar-refractivity contribution in [3.63, 3.8) is 0 Å². The first-order valence-electron chi connectivity index (χ1n) is 15.3. The van der Waals surface area contributed by atoms with Crippen LogP contribution in [0, 0.1) is 0 Å². The number of nitrogens with zero attached hydrogens (tertiary/aromatic N) is 2. The van der Waals surface area contributed by atoms with Crippen molar-refractivity contribution in [1.29, 1.82) is 0 Å². The molecule has 3 aromatic heterocycles. The van der Waals surface area contributed by atoms with Crippen LogP contribution in [-0.2, 0) is 10.7 Å². The Morgan fingerprint density at radius 1 is 0.415 bits per heavy atom. The van der Waals surface area contributed by atoms with Crippen LogP contribution in [0.15, 0.2) is 48.5 Å². The molecule has 0 atom stereocenters. The zero-order chi connectivity index (χ0) is 29.9. The van der Waals surface area contributed by atoms with E-state index in [0.717, 1.165) is 44.8 Å². The minimum absolute atomic E-state index is 0.939. The summed E-state index contributed by atoms with van der Waals surface area (Å²) in [5, 5.41) is 0. The van der Waals surface area contributed by atoms with Crippen LogP contribution < -0.4 is 0 Å². The van der Waals surface area contributed by atoms with Gasteiger partial charge in [-0.05, 0) is 72.8 Å². The normalized spacial score (nSPS) is 16.6. The molecule has 5 rings (SSSR count). The van der Waals surface area contributed by atoms with E-state index in [9.17, 15) is 0 Å². The maximum atomic E-state index is 4.63. The molecule has 3 aromatic rings. The summed E-state index contributed by atoms with van der Waals surface area (Å²) in [6.07, 6.45) is 8.09. The van der Waals surface area contributed by atoms with Crippen LogP contribution in [0.3, 0.4) is 0 Å². The fourth-order valence-corrected chi connectivity index (χ4v) is 29.1. The van der Waals surface area contributed by atoms with E-state index in [2.05, 4.69) is 99.6 Å². The standard InChI is InChI=1S/C20H14N4.8C2H5.Pd/c1-2-14-10-16-5-6-18(23-16)12-20-8-7-19(24-20)11-17-4-3-15(22-17)9-13(1)21-14;8*1-2;/h1-12,21,24H;8*1H2,2H3;. The molecule has 0 amide bonds. The molecule has 0 radical (unpaired) electrons. The summed E-state index contributed by atoms with van der Waals surface area (Å²) < 4.78 is 0. The molecular formula is C36H54N4Pd. The van der Waals surface area contributed by atoms with Crippen LogP contribution in [-0.4, -0.2) is 19.9 Å². The van der Waals surface area contributed by atoms with Crippen molar-refractivity contribution < 1.29 is 10.7 Å². The molecule has 8 bridgehead atoms. The molecule has 5 heterocycles. The van der Waals surface area contributed by atoms with Gasteiger partial charge in [-0.15, -0.1) is 0 Å². The number of aromatic nitrogens is 4. The van der Waals surface area contributed by atoms with E-state index in [1.165, 1.54) is 39.1 Å². The Kier molecular flexibility index (Phi) is 6.95. The third-order valence-electron chi connectivity index (χ3n) is 12.9. The summed E-state index contributed by atoms with van der Waals surface area (Å²) in [5.74, 6) is 0. The summed E-state index contributed by atoms with van der Waals surface area (Å²) in [5.41, 5.74) is 7.86. The van der Waals surface area contributed by atoms with Crippen LogP contribution in [0.25, 0.3) is 46.4 Å². The van der Waals surface area contributed by atoms with Crippen LogP contribution in [0.1, 0.15) is 78.2 Å². The molecule has 5 heteroatoms. The second kappa shape index (κ2) is 9.13. The van der Waals surface area contributed by atoms with E-state index < -0.39 is 10.7 Å². The van der Waals surface area contributed by atoms with Gasteiger partial charge in [-0.3, -0.25) is 0 Å². The Morgan fingerprint density at radius 3 is 0.805 bits per heavy atom. The number of hydrogen-bond donors (Lipinski definition) is 2. The fraction of sp³-hybridized carbons (Fsp3) is 0.444. The van der Waals surface area contributed by atoms with Gasteiger partial charge in [0, 0.05) is 22.1 Å². The van der Waals surface area contributed by atoms with Gasteiger partial charge >= 0.3 is 105 Å². The molecule has 0 aliphatic carbocycles. The van der Waals surface area contributed by atoms with Crippen molar-refractivity contribution in [2.75, 3.05) is 0 Å². The summed E-state index contributed by atoms with van der Waals surface area (Å²) in [4.78, 5) is 27.6. The fourth-order valence-electron chi connectivity index (χ4n) is 7.37. The average Bonchev–Trinajstić information content (AvgIpc) is 3.85. The molecule has 0 aromatic carbocycles. The molecule has 0 fully saturated rings. The number of aromatic amines is 2. The van der Waals surface area contributed by atoms with Crippen molar-refractivity contribution in [2.24, 2.45) is 0 Å². The molecule has 228 valence electrons. The Bertz CT molecular complexity index is 1430. The Balaban J connectivity index is 0.000000204. The van der Waals surface area contributed by atoms with E-state index in [4.69, 9.17) is 0 Å². The third-order valence-corrected chi connectivity index (χ3v) is 56.4. The zero-order valence-corrected chi connectivity index (χ0v) is 28.4. The number of H-pyrrole nitrogens is 2. The molecule has 0 spiro atoms. The van der Waals surface area contributed by atoms with E-state index in [1.807, 2.05) is 48.6 Å². The molecule has 4 nitrogen and oxygen atoms in total. The molecule has 0 saturated carbocycles. The van der Waals surface area contributed by atoms with Gasteiger partial charge in [0.1, 0.15) is 0 Å². The number of nitrogens with one attached hydrogen (secondary N) is 2. The van der Waals surface area contributed by atoms with E-state index in [1.54, 1.807) is 0 Å². The van der Waals surface area contributed by atoms with E-state index in [0.29, 0.717) is 0 Å². The Morgan fingerprint density at radius 2 is 0.634 bits per heavy atom. The molecule has 0 saturated heterocycles. The topological polar surface area (TPSA) is 57.4 Å². The first kappa shape index (κ1) is 31.2. The summed E-state index contributed by atoms with van der Waals surface area (Å²) in [6.45, 7) is 20.2. The number of fused-ring (bicyclic) bond motifs is 8. The van der Waals surface area contributed by atoms with Crippen molar-refractivity contribution in [1.82, 2.24) is 19.9 Å². The quantitative estimate of drug-likeness (QED) is 0.164. The molecule has 2 N–H and O–H groups in total.